The first-order valence-corrected chi connectivity index (χ1v) is 11.9. The summed E-state index contributed by atoms with van der Waals surface area (Å²) in [4.78, 5) is 45.5. The molecule has 2 aromatic rings. The van der Waals surface area contributed by atoms with Crippen molar-refractivity contribution in [1.82, 2.24) is 0 Å². The maximum atomic E-state index is 14.1. The van der Waals surface area contributed by atoms with Gasteiger partial charge in [-0.05, 0) is 55.0 Å². The Hall–Kier alpha value is -3.26. The second kappa shape index (κ2) is 9.54. The van der Waals surface area contributed by atoms with Gasteiger partial charge in [-0.2, -0.15) is 0 Å². The van der Waals surface area contributed by atoms with Gasteiger partial charge in [-0.15, -0.1) is 11.3 Å². The number of allylic oxidation sites excluding steroid dienone is 1. The first kappa shape index (κ1) is 23.9. The smallest absolute Gasteiger partial charge is 0.336 e. The lowest BCUT2D eigenvalue weighted by Crippen LogP contribution is -2.48. The second-order valence-electron chi connectivity index (χ2n) is 8.50. The molecule has 0 amide bonds. The molecule has 34 heavy (non-hydrogen) atoms. The molecule has 4 atom stereocenters. The van der Waals surface area contributed by atoms with E-state index in [0.29, 0.717) is 29.2 Å². The Labute approximate surface area is 202 Å². The van der Waals surface area contributed by atoms with Crippen LogP contribution in [0.25, 0.3) is 0 Å². The summed E-state index contributed by atoms with van der Waals surface area (Å²) >= 11 is 1.48. The number of esters is 2. The molecular weight excluding hydrogens is 454 g/mol. The van der Waals surface area contributed by atoms with Crippen LogP contribution in [0.5, 0.6) is 5.75 Å². The van der Waals surface area contributed by atoms with Crippen LogP contribution in [0.2, 0.25) is 0 Å². The average molecular weight is 482 g/mol. The van der Waals surface area contributed by atoms with Crippen LogP contribution >= 0.6 is 11.3 Å². The fourth-order valence-electron chi connectivity index (χ4n) is 5.10. The molecule has 1 saturated carbocycles. The molecule has 0 N–H and O–H groups in total. The van der Waals surface area contributed by atoms with Crippen LogP contribution in [0, 0.1) is 18.8 Å². The van der Waals surface area contributed by atoms with Crippen molar-refractivity contribution in [1.29, 1.82) is 0 Å². The van der Waals surface area contributed by atoms with Gasteiger partial charge >= 0.3 is 11.9 Å². The van der Waals surface area contributed by atoms with E-state index in [9.17, 15) is 14.4 Å². The Morgan fingerprint density at radius 2 is 1.71 bits per heavy atom. The average Bonchev–Trinajstić information content (AvgIpc) is 3.27. The summed E-state index contributed by atoms with van der Waals surface area (Å²) < 4.78 is 15.4. The number of nitrogens with zero attached hydrogens (tertiary/aromatic N) is 1. The summed E-state index contributed by atoms with van der Waals surface area (Å²) in [6.45, 7) is 3.72. The zero-order valence-corrected chi connectivity index (χ0v) is 20.6. The van der Waals surface area contributed by atoms with Crippen molar-refractivity contribution in [3.63, 3.8) is 0 Å². The third-order valence-electron chi connectivity index (χ3n) is 6.74. The summed E-state index contributed by atoms with van der Waals surface area (Å²) in [5, 5.41) is 1.94. The van der Waals surface area contributed by atoms with E-state index in [0.717, 1.165) is 16.0 Å². The number of thiophene rings is 1. The van der Waals surface area contributed by atoms with Crippen molar-refractivity contribution >= 4 is 34.8 Å². The van der Waals surface area contributed by atoms with E-state index in [1.807, 2.05) is 30.5 Å². The van der Waals surface area contributed by atoms with Crippen LogP contribution in [0.15, 0.2) is 52.0 Å². The quantitative estimate of drug-likeness (QED) is 0.469. The molecule has 1 fully saturated rings. The highest BCUT2D eigenvalue weighted by Gasteiger charge is 2.53. The van der Waals surface area contributed by atoms with Crippen LogP contribution in [-0.2, 0) is 23.9 Å². The molecule has 1 aliphatic heterocycles. The summed E-state index contributed by atoms with van der Waals surface area (Å²) in [6.07, 6.45) is 0.398. The second-order valence-corrected chi connectivity index (χ2v) is 9.45. The lowest BCUT2D eigenvalue weighted by Gasteiger charge is -2.40. The number of hydrogen-bond acceptors (Lipinski definition) is 8. The number of carbonyl (C=O) groups excluding carboxylic acids is 3. The monoisotopic (exact) mass is 481 g/mol. The number of rotatable bonds is 5. The number of Topliss-reactive ketones (excluding diaryl/α,β-unsaturated/α-hetero) is 1. The molecule has 1 aromatic heterocycles. The molecule has 0 bridgehead atoms. The molecule has 2 aliphatic rings. The minimum atomic E-state index is -1.01. The Morgan fingerprint density at radius 3 is 2.26 bits per heavy atom. The lowest BCUT2D eigenvalue weighted by molar-refractivity contribution is -0.151. The highest BCUT2D eigenvalue weighted by molar-refractivity contribution is 7.10. The number of methoxy groups -OCH3 is 3. The summed E-state index contributed by atoms with van der Waals surface area (Å²) in [5.41, 5.74) is 3.38. The number of aryl methyl sites for hydroxylation is 1. The summed E-state index contributed by atoms with van der Waals surface area (Å²) in [7, 11) is 4.19. The predicted octanol–water partition coefficient (Wildman–Crippen LogP) is 4.21. The number of aliphatic imine (C=N–C) groups is 1. The van der Waals surface area contributed by atoms with Gasteiger partial charge in [-0.25, -0.2) is 4.79 Å². The number of fused-ring (bicyclic) bond motifs is 1. The molecule has 8 heteroatoms. The van der Waals surface area contributed by atoms with Crippen LogP contribution in [0.1, 0.15) is 41.2 Å². The molecule has 4 rings (SSSR count). The van der Waals surface area contributed by atoms with Gasteiger partial charge in [0.25, 0.3) is 0 Å². The first-order valence-electron chi connectivity index (χ1n) is 11.0. The Morgan fingerprint density at radius 1 is 1.00 bits per heavy atom. The first-order chi connectivity index (χ1) is 16.3. The standard InChI is InChI=1S/C26H27NO6S/c1-13-10-11-34-24(13)22-19(25(29)32-4)14(2)27-18-12-17(15-6-8-16(31-3)9-7-15)20(26(30)33-5)23(28)21(18)22/h6-11,17,20-22H,12H2,1-5H3/t17-,20-,21?,22+/m0/s1. The van der Waals surface area contributed by atoms with Gasteiger partial charge in [-0.1, -0.05) is 12.1 Å². The summed E-state index contributed by atoms with van der Waals surface area (Å²) in [6, 6.07) is 9.29. The molecule has 0 spiro atoms. The van der Waals surface area contributed by atoms with E-state index >= 15 is 0 Å². The third kappa shape index (κ3) is 3.96. The molecule has 7 nitrogen and oxygen atoms in total. The Kier molecular flexibility index (Phi) is 6.70. The maximum absolute atomic E-state index is 14.1. The highest BCUT2D eigenvalue weighted by Crippen LogP contribution is 2.49. The SMILES string of the molecule is COC(=O)C1=C(C)N=C2C[C@@H](c3ccc(OC)cc3)[C@H](C(=O)OC)C(=O)C2[C@@H]1c1sccc1C. The Balaban J connectivity index is 1.88. The van der Waals surface area contributed by atoms with Crippen molar-refractivity contribution in [2.45, 2.75) is 32.1 Å². The summed E-state index contributed by atoms with van der Waals surface area (Å²) in [5.74, 6) is -3.45. The van der Waals surface area contributed by atoms with Gasteiger partial charge in [0.1, 0.15) is 11.7 Å². The van der Waals surface area contributed by atoms with E-state index in [4.69, 9.17) is 19.2 Å². The van der Waals surface area contributed by atoms with E-state index in [-0.39, 0.29) is 5.78 Å². The number of ketones is 1. The minimum absolute atomic E-state index is 0.288. The number of benzene rings is 1. The van der Waals surface area contributed by atoms with Crippen LogP contribution < -0.4 is 4.74 Å². The molecule has 0 saturated heterocycles. The molecule has 1 aliphatic carbocycles. The van der Waals surface area contributed by atoms with Crippen molar-refractivity contribution in [2.75, 3.05) is 21.3 Å². The largest absolute Gasteiger partial charge is 0.497 e. The zero-order chi connectivity index (χ0) is 24.6. The van der Waals surface area contributed by atoms with Gasteiger partial charge in [-0.3, -0.25) is 14.6 Å². The predicted molar refractivity (Wildman–Crippen MR) is 128 cm³/mol. The van der Waals surface area contributed by atoms with Crippen molar-refractivity contribution in [3.8, 4) is 5.75 Å². The van der Waals surface area contributed by atoms with Gasteiger partial charge in [0.05, 0.1) is 32.8 Å². The molecular formula is C26H27NO6S. The van der Waals surface area contributed by atoms with Crippen molar-refractivity contribution in [3.05, 3.63) is 63.0 Å². The van der Waals surface area contributed by atoms with Crippen LogP contribution in [0.3, 0.4) is 0 Å². The van der Waals surface area contributed by atoms with E-state index < -0.39 is 35.6 Å². The van der Waals surface area contributed by atoms with Gasteiger partial charge < -0.3 is 14.2 Å². The number of ether oxygens (including phenoxy) is 3. The molecule has 2 heterocycles. The van der Waals surface area contributed by atoms with Gasteiger partial charge in [0.15, 0.2) is 5.78 Å². The van der Waals surface area contributed by atoms with E-state index in [1.165, 1.54) is 25.6 Å². The van der Waals surface area contributed by atoms with E-state index in [2.05, 4.69) is 0 Å². The Bertz CT molecular complexity index is 1190. The third-order valence-corrected chi connectivity index (χ3v) is 7.84. The molecule has 1 aromatic carbocycles. The fraction of sp³-hybridized carbons (Fsp3) is 0.385. The topological polar surface area (TPSA) is 91.3 Å². The van der Waals surface area contributed by atoms with E-state index in [1.54, 1.807) is 26.2 Å². The van der Waals surface area contributed by atoms with Gasteiger partial charge in [0.2, 0.25) is 0 Å². The highest BCUT2D eigenvalue weighted by atomic mass is 32.1. The minimum Gasteiger partial charge on any atom is -0.497 e. The number of hydrogen-bond donors (Lipinski definition) is 0. The molecule has 178 valence electrons. The van der Waals surface area contributed by atoms with Gasteiger partial charge in [0, 0.05) is 28.1 Å². The fourth-order valence-corrected chi connectivity index (χ4v) is 6.18. The van der Waals surface area contributed by atoms with Crippen LogP contribution in [-0.4, -0.2) is 44.8 Å². The number of carbonyl (C=O) groups is 3. The van der Waals surface area contributed by atoms with Crippen molar-refractivity contribution in [2.24, 2.45) is 16.8 Å². The van der Waals surface area contributed by atoms with Crippen LogP contribution in [0.4, 0.5) is 0 Å². The van der Waals surface area contributed by atoms with Crippen molar-refractivity contribution < 1.29 is 28.6 Å². The normalized spacial score (nSPS) is 24.3. The zero-order valence-electron chi connectivity index (χ0n) is 19.8. The molecule has 0 radical (unpaired) electrons. The lowest BCUT2D eigenvalue weighted by atomic mass is 9.63. The maximum Gasteiger partial charge on any atom is 0.336 e. The molecule has 1 unspecified atom stereocenters.